The molecule has 0 saturated heterocycles. The van der Waals surface area contributed by atoms with E-state index in [0.29, 0.717) is 0 Å². The molecule has 0 fully saturated rings. The summed E-state index contributed by atoms with van der Waals surface area (Å²) < 4.78 is 4.64. The molecule has 1 aromatic rings. The molecule has 0 aromatic heterocycles. The Morgan fingerprint density at radius 2 is 1.73 bits per heavy atom. The molecule has 1 rings (SSSR count). The van der Waals surface area contributed by atoms with Crippen LogP contribution in [-0.2, 0) is 9.53 Å². The number of rotatable bonds is 2. The minimum Gasteiger partial charge on any atom is -0.468 e. The zero-order valence-electron chi connectivity index (χ0n) is 9.63. The Balaban J connectivity index is 3.19. The van der Waals surface area contributed by atoms with Crippen molar-refractivity contribution >= 4 is 5.97 Å². The first-order chi connectivity index (χ1) is 6.97. The van der Waals surface area contributed by atoms with Crippen LogP contribution in [0.4, 0.5) is 0 Å². The molecular formula is C12H17NO2. The number of aryl methyl sites for hydroxylation is 3. The third-order valence-corrected chi connectivity index (χ3v) is 2.50. The zero-order chi connectivity index (χ0) is 11.6. The molecular weight excluding hydrogens is 190 g/mol. The van der Waals surface area contributed by atoms with Crippen molar-refractivity contribution in [1.29, 1.82) is 0 Å². The van der Waals surface area contributed by atoms with Gasteiger partial charge in [-0.1, -0.05) is 17.7 Å². The molecule has 3 nitrogen and oxygen atoms in total. The summed E-state index contributed by atoms with van der Waals surface area (Å²) in [5.74, 6) is -0.398. The van der Waals surface area contributed by atoms with Crippen LogP contribution in [0.15, 0.2) is 12.1 Å². The lowest BCUT2D eigenvalue weighted by Gasteiger charge is -2.16. The normalized spacial score (nSPS) is 12.3. The molecule has 0 saturated carbocycles. The fourth-order valence-electron chi connectivity index (χ4n) is 1.93. The van der Waals surface area contributed by atoms with E-state index in [9.17, 15) is 4.79 Å². The molecule has 1 aromatic carbocycles. The topological polar surface area (TPSA) is 52.3 Å². The number of benzene rings is 1. The number of esters is 1. The van der Waals surface area contributed by atoms with Crippen LogP contribution >= 0.6 is 0 Å². The molecule has 3 heteroatoms. The lowest BCUT2D eigenvalue weighted by atomic mass is 9.94. The highest BCUT2D eigenvalue weighted by atomic mass is 16.5. The highest BCUT2D eigenvalue weighted by Gasteiger charge is 2.20. The van der Waals surface area contributed by atoms with Crippen LogP contribution in [0, 0.1) is 20.8 Å². The van der Waals surface area contributed by atoms with Gasteiger partial charge >= 0.3 is 5.97 Å². The first-order valence-electron chi connectivity index (χ1n) is 4.88. The summed E-state index contributed by atoms with van der Waals surface area (Å²) in [6.45, 7) is 5.93. The molecule has 0 radical (unpaired) electrons. The maximum absolute atomic E-state index is 11.4. The Hall–Kier alpha value is -1.35. The summed E-state index contributed by atoms with van der Waals surface area (Å²) in [7, 11) is 1.35. The Morgan fingerprint density at radius 3 is 2.13 bits per heavy atom. The van der Waals surface area contributed by atoms with Crippen molar-refractivity contribution in [3.63, 3.8) is 0 Å². The summed E-state index contributed by atoms with van der Waals surface area (Å²) in [4.78, 5) is 11.4. The van der Waals surface area contributed by atoms with E-state index in [0.717, 1.165) is 16.7 Å². The van der Waals surface area contributed by atoms with Crippen molar-refractivity contribution in [1.82, 2.24) is 0 Å². The van der Waals surface area contributed by atoms with Gasteiger partial charge in [-0.25, -0.2) is 0 Å². The highest BCUT2D eigenvalue weighted by molar-refractivity contribution is 5.78. The van der Waals surface area contributed by atoms with Gasteiger partial charge in [0, 0.05) is 0 Å². The quantitative estimate of drug-likeness (QED) is 0.752. The number of nitrogens with two attached hydrogens (primary N) is 1. The molecule has 0 unspecified atom stereocenters. The second-order valence-electron chi connectivity index (χ2n) is 3.81. The standard InChI is InChI=1S/C12H17NO2/c1-7-5-8(2)10(9(3)6-7)11(13)12(14)15-4/h5-6,11H,13H2,1-4H3/t11-/m0/s1. The maximum Gasteiger partial charge on any atom is 0.327 e. The largest absolute Gasteiger partial charge is 0.468 e. The van der Waals surface area contributed by atoms with Crippen LogP contribution in [0.1, 0.15) is 28.3 Å². The minimum absolute atomic E-state index is 0.398. The number of ether oxygens (including phenoxy) is 1. The van der Waals surface area contributed by atoms with Gasteiger partial charge in [-0.3, -0.25) is 4.79 Å². The van der Waals surface area contributed by atoms with Gasteiger partial charge in [0.25, 0.3) is 0 Å². The van der Waals surface area contributed by atoms with Crippen molar-refractivity contribution in [2.75, 3.05) is 7.11 Å². The van der Waals surface area contributed by atoms with E-state index in [4.69, 9.17) is 5.73 Å². The third kappa shape index (κ3) is 2.36. The van der Waals surface area contributed by atoms with Crippen LogP contribution in [0.25, 0.3) is 0 Å². The predicted molar refractivity (Wildman–Crippen MR) is 59.6 cm³/mol. The van der Waals surface area contributed by atoms with Gasteiger partial charge in [0.2, 0.25) is 0 Å². The molecule has 0 bridgehead atoms. The first kappa shape index (κ1) is 11.7. The van der Waals surface area contributed by atoms with E-state index in [-0.39, 0.29) is 0 Å². The average molecular weight is 207 g/mol. The molecule has 0 heterocycles. The third-order valence-electron chi connectivity index (χ3n) is 2.50. The maximum atomic E-state index is 11.4. The summed E-state index contributed by atoms with van der Waals surface area (Å²) in [5, 5.41) is 0. The average Bonchev–Trinajstić information content (AvgIpc) is 2.14. The fraction of sp³-hybridized carbons (Fsp3) is 0.417. The summed E-state index contributed by atoms with van der Waals surface area (Å²) in [5.41, 5.74) is 9.93. The Bertz CT molecular complexity index is 362. The molecule has 0 amide bonds. The lowest BCUT2D eigenvalue weighted by Crippen LogP contribution is -2.24. The monoisotopic (exact) mass is 207 g/mol. The smallest absolute Gasteiger partial charge is 0.327 e. The van der Waals surface area contributed by atoms with Gasteiger partial charge in [-0.05, 0) is 37.5 Å². The van der Waals surface area contributed by atoms with E-state index in [1.54, 1.807) is 0 Å². The van der Waals surface area contributed by atoms with Crippen molar-refractivity contribution in [2.24, 2.45) is 5.73 Å². The first-order valence-corrected chi connectivity index (χ1v) is 4.88. The molecule has 15 heavy (non-hydrogen) atoms. The Labute approximate surface area is 90.2 Å². The number of hydrogen-bond donors (Lipinski definition) is 1. The van der Waals surface area contributed by atoms with E-state index >= 15 is 0 Å². The predicted octanol–water partition coefficient (Wildman–Crippen LogP) is 1.78. The zero-order valence-corrected chi connectivity index (χ0v) is 9.63. The van der Waals surface area contributed by atoms with Gasteiger partial charge in [-0.2, -0.15) is 0 Å². The molecule has 0 aliphatic heterocycles. The summed E-state index contributed by atoms with van der Waals surface area (Å²) >= 11 is 0. The molecule has 2 N–H and O–H groups in total. The molecule has 1 atom stereocenters. The van der Waals surface area contributed by atoms with Gasteiger partial charge in [-0.15, -0.1) is 0 Å². The van der Waals surface area contributed by atoms with Crippen LogP contribution in [-0.4, -0.2) is 13.1 Å². The van der Waals surface area contributed by atoms with Crippen LogP contribution < -0.4 is 5.73 Å². The summed E-state index contributed by atoms with van der Waals surface area (Å²) in [6, 6.07) is 3.35. The summed E-state index contributed by atoms with van der Waals surface area (Å²) in [6.07, 6.45) is 0. The van der Waals surface area contributed by atoms with Crippen molar-refractivity contribution in [2.45, 2.75) is 26.8 Å². The van der Waals surface area contributed by atoms with Gasteiger partial charge < -0.3 is 10.5 Å². The van der Waals surface area contributed by atoms with Gasteiger partial charge in [0.05, 0.1) is 7.11 Å². The van der Waals surface area contributed by atoms with Crippen LogP contribution in [0.2, 0.25) is 0 Å². The van der Waals surface area contributed by atoms with Gasteiger partial charge in [0.15, 0.2) is 0 Å². The number of methoxy groups -OCH3 is 1. The van der Waals surface area contributed by atoms with E-state index < -0.39 is 12.0 Å². The van der Waals surface area contributed by atoms with E-state index in [1.165, 1.54) is 12.7 Å². The highest BCUT2D eigenvalue weighted by Crippen LogP contribution is 2.22. The minimum atomic E-state index is -0.685. The van der Waals surface area contributed by atoms with Crippen molar-refractivity contribution < 1.29 is 9.53 Å². The lowest BCUT2D eigenvalue weighted by molar-refractivity contribution is -0.142. The second-order valence-corrected chi connectivity index (χ2v) is 3.81. The Kier molecular flexibility index (Phi) is 3.48. The molecule has 0 spiro atoms. The Morgan fingerprint density at radius 1 is 1.27 bits per heavy atom. The van der Waals surface area contributed by atoms with Crippen LogP contribution in [0.3, 0.4) is 0 Å². The second kappa shape index (κ2) is 4.45. The van der Waals surface area contributed by atoms with Crippen molar-refractivity contribution in [3.05, 3.63) is 34.4 Å². The van der Waals surface area contributed by atoms with E-state index in [2.05, 4.69) is 4.74 Å². The number of carbonyl (C=O) groups excluding carboxylic acids is 1. The van der Waals surface area contributed by atoms with Crippen molar-refractivity contribution in [3.8, 4) is 0 Å². The van der Waals surface area contributed by atoms with Gasteiger partial charge in [0.1, 0.15) is 6.04 Å². The number of carbonyl (C=O) groups is 1. The molecule has 0 aliphatic carbocycles. The van der Waals surface area contributed by atoms with Crippen LogP contribution in [0.5, 0.6) is 0 Å². The molecule has 82 valence electrons. The number of hydrogen-bond acceptors (Lipinski definition) is 3. The fourth-order valence-corrected chi connectivity index (χ4v) is 1.93. The molecule has 0 aliphatic rings. The SMILES string of the molecule is COC(=O)[C@@H](N)c1c(C)cc(C)cc1C. The van der Waals surface area contributed by atoms with E-state index in [1.807, 2.05) is 32.9 Å².